The molecule has 0 unspecified atom stereocenters. The number of nitrogens with one attached hydrogen (secondary N) is 1. The fraction of sp³-hybridized carbons (Fsp3) is 0.316. The number of pyridine rings is 1. The van der Waals surface area contributed by atoms with E-state index in [9.17, 15) is 14.4 Å². The van der Waals surface area contributed by atoms with E-state index in [1.165, 1.54) is 7.11 Å². The van der Waals surface area contributed by atoms with Gasteiger partial charge in [0, 0.05) is 18.8 Å². The van der Waals surface area contributed by atoms with Crippen molar-refractivity contribution >= 4 is 11.9 Å². The molecule has 0 saturated heterocycles. The molecule has 130 valence electrons. The Bertz CT molecular complexity index is 864. The lowest BCUT2D eigenvalue weighted by molar-refractivity contribution is 0.0600. The summed E-state index contributed by atoms with van der Waals surface area (Å²) in [5, 5.41) is 2.78. The highest BCUT2D eigenvalue weighted by atomic mass is 16.5. The van der Waals surface area contributed by atoms with E-state index in [1.54, 1.807) is 48.0 Å². The van der Waals surface area contributed by atoms with Crippen molar-refractivity contribution in [2.75, 3.05) is 7.11 Å². The summed E-state index contributed by atoms with van der Waals surface area (Å²) >= 11 is 0. The van der Waals surface area contributed by atoms with Crippen LogP contribution in [0.4, 0.5) is 0 Å². The molecule has 3 rings (SSSR count). The van der Waals surface area contributed by atoms with E-state index in [2.05, 4.69) is 10.1 Å². The van der Waals surface area contributed by atoms with Crippen LogP contribution < -0.4 is 10.9 Å². The predicted molar refractivity (Wildman–Crippen MR) is 92.7 cm³/mol. The van der Waals surface area contributed by atoms with Crippen molar-refractivity contribution in [3.05, 3.63) is 69.1 Å². The summed E-state index contributed by atoms with van der Waals surface area (Å²) in [6.07, 6.45) is 3.73. The van der Waals surface area contributed by atoms with Crippen LogP contribution in [-0.4, -0.2) is 23.6 Å². The number of aryl methyl sites for hydroxylation is 1. The lowest BCUT2D eigenvalue weighted by Crippen LogP contribution is -2.33. The normalized spacial score (nSPS) is 13.4. The number of ether oxygens (including phenoxy) is 1. The molecule has 25 heavy (non-hydrogen) atoms. The minimum absolute atomic E-state index is 0.195. The number of esters is 1. The summed E-state index contributed by atoms with van der Waals surface area (Å²) in [4.78, 5) is 36.4. The molecular formula is C19H20N2O4. The van der Waals surface area contributed by atoms with Crippen LogP contribution in [0.1, 0.15) is 50.7 Å². The molecule has 1 aromatic carbocycles. The van der Waals surface area contributed by atoms with Gasteiger partial charge in [-0.25, -0.2) is 4.79 Å². The average molecular weight is 340 g/mol. The van der Waals surface area contributed by atoms with E-state index in [0.717, 1.165) is 18.4 Å². The van der Waals surface area contributed by atoms with E-state index in [-0.39, 0.29) is 29.6 Å². The molecule has 1 aliphatic carbocycles. The smallest absolute Gasteiger partial charge is 0.337 e. The Morgan fingerprint density at radius 2 is 1.88 bits per heavy atom. The van der Waals surface area contributed by atoms with Crippen molar-refractivity contribution in [2.24, 2.45) is 0 Å². The summed E-state index contributed by atoms with van der Waals surface area (Å²) in [6.45, 7) is 2.04. The third-order valence-electron chi connectivity index (χ3n) is 4.32. The molecule has 2 aromatic rings. The number of hydrogen-bond donors (Lipinski definition) is 1. The maximum Gasteiger partial charge on any atom is 0.337 e. The van der Waals surface area contributed by atoms with Gasteiger partial charge in [0.2, 0.25) is 0 Å². The summed E-state index contributed by atoms with van der Waals surface area (Å²) in [6, 6.07) is 8.80. The third kappa shape index (κ3) is 3.63. The molecule has 6 nitrogen and oxygen atoms in total. The number of methoxy groups -OCH3 is 1. The highest BCUT2D eigenvalue weighted by Gasteiger charge is 2.26. The van der Waals surface area contributed by atoms with Crippen molar-refractivity contribution in [1.82, 2.24) is 9.88 Å². The Hall–Kier alpha value is -2.89. The molecule has 0 aliphatic heterocycles. The van der Waals surface area contributed by atoms with Crippen LogP contribution >= 0.6 is 0 Å². The van der Waals surface area contributed by atoms with Crippen molar-refractivity contribution in [1.29, 1.82) is 0 Å². The standard InChI is InChI=1S/C19H20N2O4/c1-12-9-10-21(15-7-8-15)18(23)16(12)17(22)20-11-13-3-5-14(6-4-13)19(24)25-2/h3-6,9-10,15H,7-8,11H2,1-2H3,(H,20,22). The van der Waals surface area contributed by atoms with Gasteiger partial charge in [0.05, 0.1) is 12.7 Å². The zero-order valence-electron chi connectivity index (χ0n) is 14.2. The van der Waals surface area contributed by atoms with Crippen molar-refractivity contribution in [3.8, 4) is 0 Å². The first kappa shape index (κ1) is 17.0. The van der Waals surface area contributed by atoms with E-state index in [1.807, 2.05) is 0 Å². The quantitative estimate of drug-likeness (QED) is 0.847. The van der Waals surface area contributed by atoms with Gasteiger partial charge in [-0.2, -0.15) is 0 Å². The Morgan fingerprint density at radius 3 is 2.48 bits per heavy atom. The topological polar surface area (TPSA) is 77.4 Å². The molecule has 0 spiro atoms. The number of benzene rings is 1. The van der Waals surface area contributed by atoms with Crippen LogP contribution in [0, 0.1) is 6.92 Å². The molecule has 0 bridgehead atoms. The van der Waals surface area contributed by atoms with Crippen LogP contribution in [-0.2, 0) is 11.3 Å². The fourth-order valence-electron chi connectivity index (χ4n) is 2.70. The van der Waals surface area contributed by atoms with Crippen molar-refractivity contribution in [3.63, 3.8) is 0 Å². The minimum Gasteiger partial charge on any atom is -0.465 e. The lowest BCUT2D eigenvalue weighted by Gasteiger charge is -2.11. The maximum absolute atomic E-state index is 12.5. The molecule has 1 fully saturated rings. The summed E-state index contributed by atoms with van der Waals surface area (Å²) in [5.41, 5.74) is 1.91. The van der Waals surface area contributed by atoms with Crippen LogP contribution in [0.15, 0.2) is 41.3 Å². The van der Waals surface area contributed by atoms with Crippen LogP contribution in [0.3, 0.4) is 0 Å². The van der Waals surface area contributed by atoms with Gasteiger partial charge in [-0.1, -0.05) is 12.1 Å². The number of hydrogen-bond acceptors (Lipinski definition) is 4. The third-order valence-corrected chi connectivity index (χ3v) is 4.32. The van der Waals surface area contributed by atoms with Gasteiger partial charge in [-0.3, -0.25) is 9.59 Å². The molecule has 1 heterocycles. The number of amides is 1. The number of carbonyl (C=O) groups excluding carboxylic acids is 2. The summed E-state index contributed by atoms with van der Waals surface area (Å²) in [5.74, 6) is -0.786. The fourth-order valence-corrected chi connectivity index (χ4v) is 2.70. The van der Waals surface area contributed by atoms with Crippen LogP contribution in [0.2, 0.25) is 0 Å². The second kappa shape index (κ2) is 6.93. The molecule has 6 heteroatoms. The van der Waals surface area contributed by atoms with Gasteiger partial charge >= 0.3 is 5.97 Å². The Balaban J connectivity index is 1.72. The van der Waals surface area contributed by atoms with Crippen LogP contribution in [0.25, 0.3) is 0 Å². The zero-order valence-corrected chi connectivity index (χ0v) is 14.2. The highest BCUT2D eigenvalue weighted by molar-refractivity contribution is 5.95. The molecular weight excluding hydrogens is 320 g/mol. The van der Waals surface area contributed by atoms with Crippen molar-refractivity contribution < 1.29 is 14.3 Å². The van der Waals surface area contributed by atoms with Gasteiger partial charge in [0.25, 0.3) is 11.5 Å². The van der Waals surface area contributed by atoms with E-state index in [0.29, 0.717) is 11.1 Å². The van der Waals surface area contributed by atoms with Gasteiger partial charge in [0.1, 0.15) is 5.56 Å². The minimum atomic E-state index is -0.406. The van der Waals surface area contributed by atoms with Crippen molar-refractivity contribution in [2.45, 2.75) is 32.4 Å². The summed E-state index contributed by atoms with van der Waals surface area (Å²) in [7, 11) is 1.33. The molecule has 0 radical (unpaired) electrons. The zero-order chi connectivity index (χ0) is 18.0. The molecule has 1 aromatic heterocycles. The number of aromatic nitrogens is 1. The monoisotopic (exact) mass is 340 g/mol. The van der Waals surface area contributed by atoms with E-state index >= 15 is 0 Å². The summed E-state index contributed by atoms with van der Waals surface area (Å²) < 4.78 is 6.29. The Labute approximate surface area is 145 Å². The van der Waals surface area contributed by atoms with E-state index in [4.69, 9.17) is 0 Å². The molecule has 1 amide bonds. The van der Waals surface area contributed by atoms with E-state index < -0.39 is 5.97 Å². The maximum atomic E-state index is 12.5. The number of nitrogens with zero attached hydrogens (tertiary/aromatic N) is 1. The van der Waals surface area contributed by atoms with Gasteiger partial charge in [0.15, 0.2) is 0 Å². The largest absolute Gasteiger partial charge is 0.465 e. The SMILES string of the molecule is COC(=O)c1ccc(CNC(=O)c2c(C)ccn(C3CC3)c2=O)cc1. The lowest BCUT2D eigenvalue weighted by atomic mass is 10.1. The Kier molecular flexibility index (Phi) is 4.70. The first-order chi connectivity index (χ1) is 12.0. The predicted octanol–water partition coefficient (Wildman–Crippen LogP) is 2.21. The number of carbonyl (C=O) groups is 2. The molecule has 1 saturated carbocycles. The first-order valence-electron chi connectivity index (χ1n) is 8.18. The van der Waals surface area contributed by atoms with Gasteiger partial charge in [-0.15, -0.1) is 0 Å². The second-order valence-electron chi connectivity index (χ2n) is 6.19. The average Bonchev–Trinajstić information content (AvgIpc) is 3.45. The molecule has 1 N–H and O–H groups in total. The highest BCUT2D eigenvalue weighted by Crippen LogP contribution is 2.33. The van der Waals surface area contributed by atoms with Gasteiger partial charge < -0.3 is 14.6 Å². The molecule has 1 aliphatic rings. The Morgan fingerprint density at radius 1 is 1.20 bits per heavy atom. The molecule has 0 atom stereocenters. The van der Waals surface area contributed by atoms with Crippen LogP contribution in [0.5, 0.6) is 0 Å². The number of rotatable bonds is 5. The first-order valence-corrected chi connectivity index (χ1v) is 8.18. The van der Waals surface area contributed by atoms with Gasteiger partial charge in [-0.05, 0) is 49.1 Å². The second-order valence-corrected chi connectivity index (χ2v) is 6.19.